The van der Waals surface area contributed by atoms with Gasteiger partial charge >= 0.3 is 0 Å². The van der Waals surface area contributed by atoms with Gasteiger partial charge in [-0.3, -0.25) is 4.79 Å². The van der Waals surface area contributed by atoms with E-state index in [9.17, 15) is 4.79 Å². The number of rotatable bonds is 4. The van der Waals surface area contributed by atoms with Gasteiger partial charge in [0.1, 0.15) is 11.2 Å². The first-order valence-corrected chi connectivity index (χ1v) is 9.67. The molecule has 1 aliphatic carbocycles. The monoisotopic (exact) mass is 417 g/mol. The van der Waals surface area contributed by atoms with Crippen LogP contribution in [-0.4, -0.2) is 22.5 Å². The topological polar surface area (TPSA) is 64.1 Å². The third-order valence-corrected chi connectivity index (χ3v) is 6.06. The third-order valence-electron chi connectivity index (χ3n) is 4.21. The van der Waals surface area contributed by atoms with Crippen molar-refractivity contribution in [1.29, 1.82) is 0 Å². The third kappa shape index (κ3) is 3.26. The molecule has 0 fully saturated rings. The SMILES string of the molecule is Cc1ccc(NC(=O)COc2ncnc3sc4c(c23)CCC4)c(Br)c1. The summed E-state index contributed by atoms with van der Waals surface area (Å²) in [4.78, 5) is 23.1. The van der Waals surface area contributed by atoms with Gasteiger partial charge < -0.3 is 10.1 Å². The first-order chi connectivity index (χ1) is 12.1. The Balaban J connectivity index is 1.50. The minimum absolute atomic E-state index is 0.0863. The van der Waals surface area contributed by atoms with Gasteiger partial charge in [0.15, 0.2) is 6.61 Å². The summed E-state index contributed by atoms with van der Waals surface area (Å²) in [5.74, 6) is 0.283. The number of carbonyl (C=O) groups is 1. The summed E-state index contributed by atoms with van der Waals surface area (Å²) in [5, 5.41) is 3.83. The molecule has 7 heteroatoms. The van der Waals surface area contributed by atoms with Gasteiger partial charge in [0.05, 0.1) is 11.1 Å². The summed E-state index contributed by atoms with van der Waals surface area (Å²) < 4.78 is 6.58. The molecule has 0 atom stereocenters. The summed E-state index contributed by atoms with van der Waals surface area (Å²) in [7, 11) is 0. The molecule has 0 spiro atoms. The van der Waals surface area contributed by atoms with E-state index in [0.717, 1.165) is 45.2 Å². The van der Waals surface area contributed by atoms with E-state index in [1.807, 2.05) is 25.1 Å². The van der Waals surface area contributed by atoms with Crippen LogP contribution in [0.1, 0.15) is 22.4 Å². The van der Waals surface area contributed by atoms with Gasteiger partial charge in [-0.1, -0.05) is 6.07 Å². The van der Waals surface area contributed by atoms with Crippen LogP contribution in [0.5, 0.6) is 5.88 Å². The molecule has 0 unspecified atom stereocenters. The molecule has 3 aromatic rings. The largest absolute Gasteiger partial charge is 0.467 e. The van der Waals surface area contributed by atoms with Gasteiger partial charge in [-0.2, -0.15) is 0 Å². The number of nitrogens with zero attached hydrogens (tertiary/aromatic N) is 2. The molecule has 25 heavy (non-hydrogen) atoms. The molecule has 5 nitrogen and oxygen atoms in total. The maximum absolute atomic E-state index is 12.2. The van der Waals surface area contributed by atoms with E-state index in [2.05, 4.69) is 31.2 Å². The molecule has 1 aromatic carbocycles. The molecule has 2 aromatic heterocycles. The van der Waals surface area contributed by atoms with Crippen LogP contribution in [-0.2, 0) is 17.6 Å². The first-order valence-electron chi connectivity index (χ1n) is 8.06. The lowest BCUT2D eigenvalue weighted by Crippen LogP contribution is -2.20. The fraction of sp³-hybridized carbons (Fsp3) is 0.278. The van der Waals surface area contributed by atoms with Gasteiger partial charge in [-0.15, -0.1) is 11.3 Å². The van der Waals surface area contributed by atoms with Crippen LogP contribution in [0.4, 0.5) is 5.69 Å². The quantitative estimate of drug-likeness (QED) is 0.688. The highest BCUT2D eigenvalue weighted by atomic mass is 79.9. The predicted molar refractivity (Wildman–Crippen MR) is 102 cm³/mol. The molecule has 0 aliphatic heterocycles. The Bertz CT molecular complexity index is 970. The summed E-state index contributed by atoms with van der Waals surface area (Å²) in [6, 6.07) is 5.77. The first kappa shape index (κ1) is 16.5. The Morgan fingerprint density at radius 2 is 2.24 bits per heavy atom. The summed E-state index contributed by atoms with van der Waals surface area (Å²) in [5.41, 5.74) is 3.14. The number of halogens is 1. The number of ether oxygens (including phenoxy) is 1. The van der Waals surface area contributed by atoms with Gasteiger partial charge in [0.25, 0.3) is 5.91 Å². The highest BCUT2D eigenvalue weighted by Crippen LogP contribution is 2.39. The van der Waals surface area contributed by atoms with Crippen LogP contribution in [0.3, 0.4) is 0 Å². The zero-order valence-electron chi connectivity index (χ0n) is 13.6. The van der Waals surface area contributed by atoms with Crippen molar-refractivity contribution >= 4 is 49.1 Å². The van der Waals surface area contributed by atoms with E-state index in [4.69, 9.17) is 4.74 Å². The Morgan fingerprint density at radius 3 is 3.08 bits per heavy atom. The predicted octanol–water partition coefficient (Wildman–Crippen LogP) is 4.27. The Hall–Kier alpha value is -1.99. The molecular formula is C18H16BrN3O2S. The molecule has 1 N–H and O–H groups in total. The standard InChI is InChI=1S/C18H16BrN3O2S/c1-10-5-6-13(12(19)7-10)22-15(23)8-24-17-16-11-3-2-4-14(11)25-18(16)21-9-20-17/h5-7,9H,2-4,8H2,1H3,(H,22,23). The van der Waals surface area contributed by atoms with Gasteiger partial charge in [0, 0.05) is 9.35 Å². The zero-order valence-corrected chi connectivity index (χ0v) is 16.0. The number of aromatic nitrogens is 2. The molecule has 128 valence electrons. The average molecular weight is 418 g/mol. The highest BCUT2D eigenvalue weighted by molar-refractivity contribution is 9.10. The van der Waals surface area contributed by atoms with Crippen molar-refractivity contribution in [2.24, 2.45) is 0 Å². The molecule has 1 aliphatic rings. The van der Waals surface area contributed by atoms with Gasteiger partial charge in [0.2, 0.25) is 5.88 Å². The Morgan fingerprint density at radius 1 is 1.36 bits per heavy atom. The second-order valence-corrected chi connectivity index (χ2v) is 7.97. The van der Waals surface area contributed by atoms with Crippen LogP contribution in [0.2, 0.25) is 0 Å². The number of nitrogens with one attached hydrogen (secondary N) is 1. The van der Waals surface area contributed by atoms with Crippen molar-refractivity contribution in [2.75, 3.05) is 11.9 Å². The smallest absolute Gasteiger partial charge is 0.262 e. The normalized spacial score (nSPS) is 13.0. The van der Waals surface area contributed by atoms with E-state index in [0.29, 0.717) is 5.88 Å². The number of amides is 1. The molecule has 0 radical (unpaired) electrons. The Kier molecular flexibility index (Phi) is 4.43. The molecule has 0 bridgehead atoms. The van der Waals surface area contributed by atoms with E-state index in [-0.39, 0.29) is 12.5 Å². The van der Waals surface area contributed by atoms with Crippen LogP contribution in [0.25, 0.3) is 10.2 Å². The molecule has 0 saturated carbocycles. The lowest BCUT2D eigenvalue weighted by Gasteiger charge is -2.10. The highest BCUT2D eigenvalue weighted by Gasteiger charge is 2.22. The van der Waals surface area contributed by atoms with Crippen molar-refractivity contribution in [3.05, 3.63) is 45.0 Å². The van der Waals surface area contributed by atoms with Gasteiger partial charge in [-0.25, -0.2) is 9.97 Å². The maximum Gasteiger partial charge on any atom is 0.262 e. The molecular weight excluding hydrogens is 402 g/mol. The fourth-order valence-corrected chi connectivity index (χ4v) is 4.86. The van der Waals surface area contributed by atoms with Crippen molar-refractivity contribution in [3.63, 3.8) is 0 Å². The molecule has 4 rings (SSSR count). The summed E-state index contributed by atoms with van der Waals surface area (Å²) in [6.07, 6.45) is 4.78. The zero-order chi connectivity index (χ0) is 17.4. The number of aryl methyl sites for hydroxylation is 3. The minimum atomic E-state index is -0.219. The van der Waals surface area contributed by atoms with E-state index in [1.54, 1.807) is 11.3 Å². The van der Waals surface area contributed by atoms with E-state index < -0.39 is 0 Å². The summed E-state index contributed by atoms with van der Waals surface area (Å²) in [6.45, 7) is 1.91. The number of hydrogen-bond acceptors (Lipinski definition) is 5. The van der Waals surface area contributed by atoms with Crippen molar-refractivity contribution < 1.29 is 9.53 Å². The minimum Gasteiger partial charge on any atom is -0.467 e. The lowest BCUT2D eigenvalue weighted by molar-refractivity contribution is -0.118. The average Bonchev–Trinajstić information content (AvgIpc) is 3.16. The molecule has 1 amide bonds. The molecule has 0 saturated heterocycles. The van der Waals surface area contributed by atoms with Crippen LogP contribution < -0.4 is 10.1 Å². The van der Waals surface area contributed by atoms with Crippen molar-refractivity contribution in [1.82, 2.24) is 9.97 Å². The second kappa shape index (κ2) is 6.72. The number of anilines is 1. The molecule has 2 heterocycles. The number of hydrogen-bond donors (Lipinski definition) is 1. The number of benzene rings is 1. The van der Waals surface area contributed by atoms with E-state index >= 15 is 0 Å². The Labute approximate surface area is 157 Å². The number of fused-ring (bicyclic) bond motifs is 3. The lowest BCUT2D eigenvalue weighted by atomic mass is 10.2. The van der Waals surface area contributed by atoms with Crippen molar-refractivity contribution in [3.8, 4) is 5.88 Å². The van der Waals surface area contributed by atoms with Crippen LogP contribution >= 0.6 is 27.3 Å². The van der Waals surface area contributed by atoms with Crippen molar-refractivity contribution in [2.45, 2.75) is 26.2 Å². The second-order valence-electron chi connectivity index (χ2n) is 6.04. The van der Waals surface area contributed by atoms with Crippen LogP contribution in [0.15, 0.2) is 29.0 Å². The number of thiophene rings is 1. The van der Waals surface area contributed by atoms with Gasteiger partial charge in [-0.05, 0) is 65.4 Å². The number of carbonyl (C=O) groups excluding carboxylic acids is 1. The fourth-order valence-electron chi connectivity index (χ4n) is 3.05. The van der Waals surface area contributed by atoms with Crippen LogP contribution in [0, 0.1) is 6.92 Å². The summed E-state index contributed by atoms with van der Waals surface area (Å²) >= 11 is 5.16. The maximum atomic E-state index is 12.2. The van der Waals surface area contributed by atoms with E-state index in [1.165, 1.54) is 16.8 Å².